The molecule has 0 aromatic heterocycles. The zero-order chi connectivity index (χ0) is 46.0. The van der Waals surface area contributed by atoms with Gasteiger partial charge in [-0.1, -0.05) is 19.9 Å². The second-order valence-corrected chi connectivity index (χ2v) is 14.2. The van der Waals surface area contributed by atoms with E-state index < -0.39 is 130 Å². The van der Waals surface area contributed by atoms with E-state index in [4.69, 9.17) is 50.4 Å². The molecule has 0 aliphatic carbocycles. The Kier molecular flexibility index (Phi) is 16.8. The van der Waals surface area contributed by atoms with Crippen LogP contribution in [0.2, 0.25) is 0 Å². The molecule has 0 saturated carbocycles. The minimum absolute atomic E-state index is 0.0343. The smallest absolute Gasteiger partial charge is 0.372 e. The Labute approximate surface area is 342 Å². The van der Waals surface area contributed by atoms with Crippen LogP contribution >= 0.6 is 0 Å². The van der Waals surface area contributed by atoms with E-state index in [1.807, 2.05) is 0 Å². The van der Waals surface area contributed by atoms with Crippen LogP contribution < -0.4 is 40.9 Å². The summed E-state index contributed by atoms with van der Waals surface area (Å²) in [5, 5.41) is 11.8. The van der Waals surface area contributed by atoms with Gasteiger partial charge in [-0.25, -0.2) is 33.7 Å². The summed E-state index contributed by atoms with van der Waals surface area (Å²) in [7, 11) is 0. The molecule has 328 valence electrons. The summed E-state index contributed by atoms with van der Waals surface area (Å²) in [5.41, 5.74) is 12.9. The molecule has 0 heterocycles. The molecule has 7 N–H and O–H groups in total. The van der Waals surface area contributed by atoms with Gasteiger partial charge in [-0.3, -0.25) is 24.9 Å². The highest BCUT2D eigenvalue weighted by molar-refractivity contribution is 6.00. The van der Waals surface area contributed by atoms with Crippen molar-refractivity contribution >= 4 is 53.7 Å². The summed E-state index contributed by atoms with van der Waals surface area (Å²) in [6, 6.07) is 0.104. The average Bonchev–Trinajstić information content (AvgIpc) is 3.09. The van der Waals surface area contributed by atoms with Gasteiger partial charge in [-0.15, -0.1) is 0 Å². The molecule has 2 aromatic rings. The number of ether oxygens (including phenoxy) is 7. The number of aromatic hydroxyl groups is 1. The average molecular weight is 850 g/mol. The third-order valence-corrected chi connectivity index (χ3v) is 7.44. The van der Waals surface area contributed by atoms with Gasteiger partial charge in [0.2, 0.25) is 11.5 Å². The Bertz CT molecular complexity index is 2050. The van der Waals surface area contributed by atoms with Crippen molar-refractivity contribution in [3.8, 4) is 34.5 Å². The highest BCUT2D eigenvalue weighted by Gasteiger charge is 2.46. The standard InChI is InChI=1S/C38H47N3O19/c1-16(2)38(41,57-20(6)45)36(51)56-31-29(47)24(15-26(40)34(49)60-59-21(7)46)28(35(50)58-37(8,9)10)30(32(31)54-19(5)44)55-33(48)25(39)13-22-11-12-23(52-17(3)42)14-27(22)53-18(4)43/h11-12,14,16,25-26,47H,13,15,39-41H2,1-10H3/t25?,26?,38-/m1/s1. The van der Waals surface area contributed by atoms with Gasteiger partial charge in [0.25, 0.3) is 5.72 Å². The second-order valence-electron chi connectivity index (χ2n) is 14.2. The summed E-state index contributed by atoms with van der Waals surface area (Å²) < 4.78 is 37.1. The lowest BCUT2D eigenvalue weighted by Crippen LogP contribution is -2.57. The van der Waals surface area contributed by atoms with E-state index in [2.05, 4.69) is 9.78 Å². The Morgan fingerprint density at radius 1 is 0.650 bits per heavy atom. The molecule has 2 rings (SSSR count). The van der Waals surface area contributed by atoms with Gasteiger partial charge in [-0.2, -0.15) is 0 Å². The number of carbonyl (C=O) groups excluding carboxylic acids is 9. The lowest BCUT2D eigenvalue weighted by molar-refractivity contribution is -0.258. The van der Waals surface area contributed by atoms with E-state index in [0.29, 0.717) is 0 Å². The van der Waals surface area contributed by atoms with Gasteiger partial charge >= 0.3 is 53.7 Å². The van der Waals surface area contributed by atoms with Crippen LogP contribution in [-0.4, -0.2) is 82.2 Å². The van der Waals surface area contributed by atoms with Gasteiger partial charge in [0.05, 0.1) is 0 Å². The molecule has 0 bridgehead atoms. The lowest BCUT2D eigenvalue weighted by Gasteiger charge is -2.31. The van der Waals surface area contributed by atoms with Crippen molar-refractivity contribution in [2.24, 2.45) is 23.1 Å². The molecular formula is C38H47N3O19. The van der Waals surface area contributed by atoms with E-state index in [1.54, 1.807) is 0 Å². The van der Waals surface area contributed by atoms with Gasteiger partial charge in [-0.05, 0) is 32.4 Å². The Morgan fingerprint density at radius 2 is 1.22 bits per heavy atom. The summed E-state index contributed by atoms with van der Waals surface area (Å²) in [4.78, 5) is 122. The number of phenols is 1. The molecular weight excluding hydrogens is 802 g/mol. The normalized spacial score (nSPS) is 13.0. The van der Waals surface area contributed by atoms with Crippen molar-refractivity contribution < 1.29 is 91.2 Å². The topological polar surface area (TPSA) is 335 Å². The zero-order valence-corrected chi connectivity index (χ0v) is 34.4. The third-order valence-electron chi connectivity index (χ3n) is 7.44. The summed E-state index contributed by atoms with van der Waals surface area (Å²) >= 11 is 0. The Balaban J connectivity index is 3.04. The van der Waals surface area contributed by atoms with Gasteiger partial charge in [0.1, 0.15) is 34.7 Å². The molecule has 0 radical (unpaired) electrons. The molecule has 60 heavy (non-hydrogen) atoms. The van der Waals surface area contributed by atoms with E-state index in [-0.39, 0.29) is 17.1 Å². The van der Waals surface area contributed by atoms with Gasteiger partial charge < -0.3 is 49.7 Å². The van der Waals surface area contributed by atoms with Crippen molar-refractivity contribution in [3.05, 3.63) is 34.9 Å². The SMILES string of the molecule is CC(=O)OOC(=O)C(N)Cc1c(O)c(OC(=O)[C@](N)(OC(C)=O)C(C)C)c(OC(C)=O)c(OC(=O)C(N)Cc2ccc(OC(C)=O)cc2OC(C)=O)c1C(=O)OC(C)(C)C. The molecule has 22 heteroatoms. The zero-order valence-electron chi connectivity index (χ0n) is 34.4. The fraction of sp³-hybridized carbons (Fsp3) is 0.447. The first-order valence-corrected chi connectivity index (χ1v) is 17.7. The molecule has 0 fully saturated rings. The Morgan fingerprint density at radius 3 is 1.72 bits per heavy atom. The largest absolute Gasteiger partial charge is 0.504 e. The number of rotatable bonds is 15. The second kappa shape index (κ2) is 20.4. The van der Waals surface area contributed by atoms with Crippen LogP contribution in [0.5, 0.6) is 34.5 Å². The fourth-order valence-corrected chi connectivity index (χ4v) is 4.84. The van der Waals surface area contributed by atoms with Crippen molar-refractivity contribution in [1.82, 2.24) is 0 Å². The molecule has 2 aromatic carbocycles. The summed E-state index contributed by atoms with van der Waals surface area (Å²) in [6.45, 7) is 11.8. The molecule has 2 unspecified atom stereocenters. The number of nitrogens with two attached hydrogens (primary N) is 3. The minimum atomic E-state index is -2.59. The van der Waals surface area contributed by atoms with E-state index in [1.165, 1.54) is 52.8 Å². The molecule has 22 nitrogen and oxygen atoms in total. The van der Waals surface area contributed by atoms with Crippen LogP contribution in [0.1, 0.15) is 90.7 Å². The summed E-state index contributed by atoms with van der Waals surface area (Å²) in [5.74, 6) is -16.6. The van der Waals surface area contributed by atoms with Crippen molar-refractivity contribution in [1.29, 1.82) is 0 Å². The van der Waals surface area contributed by atoms with Crippen LogP contribution in [0.4, 0.5) is 0 Å². The third kappa shape index (κ3) is 13.7. The summed E-state index contributed by atoms with van der Waals surface area (Å²) in [6.07, 6.45) is -1.47. The van der Waals surface area contributed by atoms with Crippen LogP contribution in [0, 0.1) is 5.92 Å². The molecule has 0 aliphatic rings. The highest BCUT2D eigenvalue weighted by Crippen LogP contribution is 2.51. The molecule has 0 saturated heterocycles. The van der Waals surface area contributed by atoms with Crippen molar-refractivity contribution in [2.45, 2.75) is 105 Å². The maximum Gasteiger partial charge on any atom is 0.372 e. The fourth-order valence-electron chi connectivity index (χ4n) is 4.84. The maximum absolute atomic E-state index is 14.1. The molecule has 0 spiro atoms. The Hall–Kier alpha value is -6.65. The predicted octanol–water partition coefficient (Wildman–Crippen LogP) is 1.27. The van der Waals surface area contributed by atoms with E-state index in [0.717, 1.165) is 34.6 Å². The first-order valence-electron chi connectivity index (χ1n) is 17.7. The van der Waals surface area contributed by atoms with Crippen molar-refractivity contribution in [3.63, 3.8) is 0 Å². The van der Waals surface area contributed by atoms with Crippen molar-refractivity contribution in [2.75, 3.05) is 0 Å². The number of hydrogen-bond donors (Lipinski definition) is 4. The quantitative estimate of drug-likeness (QED) is 0.0644. The van der Waals surface area contributed by atoms with E-state index in [9.17, 15) is 48.3 Å². The predicted molar refractivity (Wildman–Crippen MR) is 200 cm³/mol. The van der Waals surface area contributed by atoms with E-state index >= 15 is 0 Å². The monoisotopic (exact) mass is 849 g/mol. The van der Waals surface area contributed by atoms with Gasteiger partial charge in [0.15, 0.2) is 11.5 Å². The van der Waals surface area contributed by atoms with Gasteiger partial charge in [0, 0.05) is 65.0 Å². The number of hydrogen-bond acceptors (Lipinski definition) is 22. The lowest BCUT2D eigenvalue weighted by atomic mass is 9.96. The number of carbonyl (C=O) groups is 9. The molecule has 3 atom stereocenters. The first-order chi connectivity index (χ1) is 27.6. The van der Waals surface area contributed by atoms with Crippen LogP contribution in [0.25, 0.3) is 0 Å². The highest BCUT2D eigenvalue weighted by atomic mass is 17.2. The van der Waals surface area contributed by atoms with Crippen LogP contribution in [0.3, 0.4) is 0 Å². The minimum Gasteiger partial charge on any atom is -0.504 e. The van der Waals surface area contributed by atoms with Crippen LogP contribution in [-0.2, 0) is 70.4 Å². The maximum atomic E-state index is 14.1. The van der Waals surface area contributed by atoms with Crippen LogP contribution in [0.15, 0.2) is 18.2 Å². The molecule has 0 aliphatic heterocycles. The number of esters is 7. The number of benzene rings is 2. The molecule has 0 amide bonds. The first kappa shape index (κ1) is 49.5. The number of phenolic OH excluding ortho intramolecular Hbond substituents is 1.